The molecular weight excluding hydrogens is 370 g/mol. The number of rotatable bonds is 4. The molecule has 1 amide bonds. The van der Waals surface area contributed by atoms with Crippen LogP contribution in [0.4, 0.5) is 5.69 Å². The third kappa shape index (κ3) is 3.38. The number of carbonyl (C=O) groups excluding carboxylic acids is 1. The van der Waals surface area contributed by atoms with E-state index in [1.54, 1.807) is 34.5 Å². The lowest BCUT2D eigenvalue weighted by molar-refractivity contribution is -0.117. The highest BCUT2D eigenvalue weighted by Gasteiger charge is 2.26. The molecule has 2 aromatic heterocycles. The maximum atomic E-state index is 12.7. The zero-order valence-corrected chi connectivity index (χ0v) is 15.8. The average molecular weight is 388 g/mol. The number of amides is 1. The number of fused-ring (bicyclic) bond motifs is 1. The number of nitrogens with zero attached hydrogens (tertiary/aromatic N) is 4. The molecule has 4 rings (SSSR count). The van der Waals surface area contributed by atoms with Crippen LogP contribution in [0.2, 0.25) is 5.02 Å². The molecule has 1 aliphatic heterocycles. The van der Waals surface area contributed by atoms with E-state index < -0.39 is 0 Å². The fourth-order valence-electron chi connectivity index (χ4n) is 3.29. The van der Waals surface area contributed by atoms with Gasteiger partial charge in [-0.25, -0.2) is 9.67 Å². The van der Waals surface area contributed by atoms with Crippen molar-refractivity contribution < 1.29 is 4.79 Å². The van der Waals surface area contributed by atoms with Crippen molar-refractivity contribution in [3.63, 3.8) is 0 Å². The standard InChI is InChI=1S/C18H18ClN5OS/c1-12-14-5-7-26-17(14)4-6-23(12)9-18(25)22-15-8-13(19)2-3-16(15)24-11-20-10-21-24/h2-3,5,7-8,10-12H,4,6,9H2,1H3,(H,22,25). The highest BCUT2D eigenvalue weighted by molar-refractivity contribution is 7.10. The number of benzene rings is 1. The summed E-state index contributed by atoms with van der Waals surface area (Å²) in [4.78, 5) is 20.3. The van der Waals surface area contributed by atoms with Crippen LogP contribution < -0.4 is 5.32 Å². The Hall–Kier alpha value is -2.22. The molecule has 3 heterocycles. The number of thiophene rings is 1. The number of hydrogen-bond donors (Lipinski definition) is 1. The Morgan fingerprint density at radius 1 is 1.42 bits per heavy atom. The van der Waals surface area contributed by atoms with Crippen LogP contribution in [0.25, 0.3) is 5.69 Å². The zero-order valence-electron chi connectivity index (χ0n) is 14.2. The Kier molecular flexibility index (Phi) is 4.76. The van der Waals surface area contributed by atoms with Crippen LogP contribution in [0.3, 0.4) is 0 Å². The van der Waals surface area contributed by atoms with Crippen LogP contribution in [0.1, 0.15) is 23.4 Å². The summed E-state index contributed by atoms with van der Waals surface area (Å²) in [5.41, 5.74) is 2.68. The predicted molar refractivity (Wildman–Crippen MR) is 103 cm³/mol. The van der Waals surface area contributed by atoms with E-state index in [0.717, 1.165) is 18.7 Å². The van der Waals surface area contributed by atoms with Gasteiger partial charge in [-0.3, -0.25) is 9.69 Å². The number of anilines is 1. The lowest BCUT2D eigenvalue weighted by Gasteiger charge is -2.33. The van der Waals surface area contributed by atoms with Crippen molar-refractivity contribution in [3.8, 4) is 5.69 Å². The second kappa shape index (κ2) is 7.19. The van der Waals surface area contributed by atoms with Crippen molar-refractivity contribution in [1.82, 2.24) is 19.7 Å². The molecule has 134 valence electrons. The van der Waals surface area contributed by atoms with Crippen molar-refractivity contribution in [2.75, 3.05) is 18.4 Å². The molecule has 1 unspecified atom stereocenters. The second-order valence-corrected chi connectivity index (χ2v) is 7.68. The van der Waals surface area contributed by atoms with Crippen LogP contribution in [-0.4, -0.2) is 38.7 Å². The minimum Gasteiger partial charge on any atom is -0.323 e. The molecule has 0 radical (unpaired) electrons. The summed E-state index contributed by atoms with van der Waals surface area (Å²) < 4.78 is 1.60. The van der Waals surface area contributed by atoms with Gasteiger partial charge in [0.15, 0.2) is 0 Å². The summed E-state index contributed by atoms with van der Waals surface area (Å²) >= 11 is 7.91. The molecule has 0 aliphatic carbocycles. The summed E-state index contributed by atoms with van der Waals surface area (Å²) in [6.07, 6.45) is 4.03. The van der Waals surface area contributed by atoms with Gasteiger partial charge in [0.25, 0.3) is 0 Å². The summed E-state index contributed by atoms with van der Waals surface area (Å²) in [5, 5.41) is 9.79. The molecule has 1 aliphatic rings. The SMILES string of the molecule is CC1c2ccsc2CCN1CC(=O)Nc1cc(Cl)ccc1-n1cncn1. The van der Waals surface area contributed by atoms with Crippen LogP contribution in [0.15, 0.2) is 42.3 Å². The predicted octanol–water partition coefficient (Wildman–Crippen LogP) is 3.54. The van der Waals surface area contributed by atoms with Gasteiger partial charge in [-0.05, 0) is 48.6 Å². The minimum absolute atomic E-state index is 0.0702. The zero-order chi connectivity index (χ0) is 18.1. The van der Waals surface area contributed by atoms with Crippen molar-refractivity contribution in [3.05, 3.63) is 57.8 Å². The number of nitrogens with one attached hydrogen (secondary N) is 1. The third-order valence-corrected chi connectivity index (χ3v) is 5.88. The maximum Gasteiger partial charge on any atom is 0.238 e. The Bertz CT molecular complexity index is 924. The molecule has 6 nitrogen and oxygen atoms in total. The summed E-state index contributed by atoms with van der Waals surface area (Å²) in [6, 6.07) is 7.71. The first-order valence-electron chi connectivity index (χ1n) is 8.36. The molecule has 0 spiro atoms. The van der Waals surface area contributed by atoms with E-state index in [9.17, 15) is 4.79 Å². The van der Waals surface area contributed by atoms with E-state index in [4.69, 9.17) is 11.6 Å². The lowest BCUT2D eigenvalue weighted by atomic mass is 10.0. The Morgan fingerprint density at radius 2 is 2.31 bits per heavy atom. The smallest absolute Gasteiger partial charge is 0.238 e. The van der Waals surface area contributed by atoms with Crippen LogP contribution >= 0.6 is 22.9 Å². The van der Waals surface area contributed by atoms with Gasteiger partial charge in [0.1, 0.15) is 12.7 Å². The molecule has 1 N–H and O–H groups in total. The van der Waals surface area contributed by atoms with Crippen molar-refractivity contribution in [2.24, 2.45) is 0 Å². The van der Waals surface area contributed by atoms with E-state index >= 15 is 0 Å². The van der Waals surface area contributed by atoms with Crippen molar-refractivity contribution >= 4 is 34.5 Å². The molecule has 1 atom stereocenters. The minimum atomic E-state index is -0.0702. The summed E-state index contributed by atoms with van der Waals surface area (Å²) in [7, 11) is 0. The highest BCUT2D eigenvalue weighted by Crippen LogP contribution is 2.32. The monoisotopic (exact) mass is 387 g/mol. The molecule has 1 aromatic carbocycles. The van der Waals surface area contributed by atoms with Gasteiger partial charge in [-0.1, -0.05) is 11.6 Å². The van der Waals surface area contributed by atoms with Gasteiger partial charge >= 0.3 is 0 Å². The molecule has 0 fully saturated rings. The normalized spacial score (nSPS) is 17.1. The second-order valence-electron chi connectivity index (χ2n) is 6.25. The molecular formula is C18H18ClN5OS. The molecule has 26 heavy (non-hydrogen) atoms. The van der Waals surface area contributed by atoms with Crippen LogP contribution in [-0.2, 0) is 11.2 Å². The Labute approximate surface area is 160 Å². The van der Waals surface area contributed by atoms with Gasteiger partial charge in [0.2, 0.25) is 5.91 Å². The lowest BCUT2D eigenvalue weighted by Crippen LogP contribution is -2.39. The fraction of sp³-hybridized carbons (Fsp3) is 0.278. The summed E-state index contributed by atoms with van der Waals surface area (Å²) in [6.45, 7) is 3.37. The van der Waals surface area contributed by atoms with Gasteiger partial charge in [0.05, 0.1) is 17.9 Å². The maximum absolute atomic E-state index is 12.7. The first kappa shape index (κ1) is 17.2. The van der Waals surface area contributed by atoms with Gasteiger partial charge in [-0.2, -0.15) is 5.10 Å². The van der Waals surface area contributed by atoms with Crippen LogP contribution in [0, 0.1) is 0 Å². The molecule has 8 heteroatoms. The van der Waals surface area contributed by atoms with E-state index in [0.29, 0.717) is 17.3 Å². The van der Waals surface area contributed by atoms with E-state index in [-0.39, 0.29) is 11.9 Å². The number of hydrogen-bond acceptors (Lipinski definition) is 5. The van der Waals surface area contributed by atoms with Gasteiger partial charge in [-0.15, -0.1) is 11.3 Å². The fourth-order valence-corrected chi connectivity index (χ4v) is 4.43. The molecule has 0 saturated carbocycles. The number of halogens is 1. The van der Waals surface area contributed by atoms with E-state index in [1.807, 2.05) is 6.07 Å². The molecule has 0 bridgehead atoms. The van der Waals surface area contributed by atoms with Crippen LogP contribution in [0.5, 0.6) is 0 Å². The van der Waals surface area contributed by atoms with Crippen molar-refractivity contribution in [1.29, 1.82) is 0 Å². The largest absolute Gasteiger partial charge is 0.323 e. The quantitative estimate of drug-likeness (QED) is 0.743. The van der Waals surface area contributed by atoms with Crippen molar-refractivity contribution in [2.45, 2.75) is 19.4 Å². The average Bonchev–Trinajstić information content (AvgIpc) is 3.29. The topological polar surface area (TPSA) is 63.1 Å². The molecule has 3 aromatic rings. The van der Waals surface area contributed by atoms with Gasteiger partial charge in [0, 0.05) is 22.5 Å². The Balaban J connectivity index is 1.50. The molecule has 0 saturated heterocycles. The van der Waals surface area contributed by atoms with E-state index in [2.05, 4.69) is 38.7 Å². The van der Waals surface area contributed by atoms with E-state index in [1.165, 1.54) is 16.8 Å². The highest BCUT2D eigenvalue weighted by atomic mass is 35.5. The Morgan fingerprint density at radius 3 is 3.12 bits per heavy atom. The first-order valence-corrected chi connectivity index (χ1v) is 9.62. The first-order chi connectivity index (χ1) is 12.6. The third-order valence-electron chi connectivity index (χ3n) is 4.65. The summed E-state index contributed by atoms with van der Waals surface area (Å²) in [5.74, 6) is -0.0702. The van der Waals surface area contributed by atoms with Gasteiger partial charge < -0.3 is 5.32 Å². The number of carbonyl (C=O) groups is 1. The number of aromatic nitrogens is 3.